The van der Waals surface area contributed by atoms with Crippen LogP contribution in [0.4, 0.5) is 11.6 Å². The van der Waals surface area contributed by atoms with Crippen LogP contribution in [0.2, 0.25) is 5.02 Å². The number of hydrogen-bond acceptors (Lipinski definition) is 3. The molecular weight excluding hydrogens is 376 g/mol. The smallest absolute Gasteiger partial charge is 0.253 e. The second-order valence-corrected chi connectivity index (χ2v) is 7.80. The molecule has 1 atom stereocenters. The number of aromatic nitrogens is 2. The number of benzene rings is 2. The first-order valence-corrected chi connectivity index (χ1v) is 9.77. The Morgan fingerprint density at radius 2 is 2.00 bits per heavy atom. The molecule has 0 saturated heterocycles. The Balaban J connectivity index is 1.47. The average Bonchev–Trinajstić information content (AvgIpc) is 3.38. The Morgan fingerprint density at radius 1 is 1.21 bits per heavy atom. The number of amides is 2. The predicted molar refractivity (Wildman–Crippen MR) is 109 cm³/mol. The van der Waals surface area contributed by atoms with Crippen LogP contribution in [-0.2, 0) is 9.59 Å². The highest BCUT2D eigenvalue weighted by Gasteiger charge is 2.47. The molecule has 2 amide bonds. The van der Waals surface area contributed by atoms with Gasteiger partial charge in [0, 0.05) is 16.8 Å². The lowest BCUT2D eigenvalue weighted by atomic mass is 10.1. The van der Waals surface area contributed by atoms with Crippen LogP contribution in [0.15, 0.2) is 42.5 Å². The molecule has 2 aromatic carbocycles. The molecule has 5 rings (SSSR count). The standard InChI is InChI=1S/C21H19ClN4O2/c1-12-14(22)5-4-7-15(12)23-19(27)11-18-20(28)25(13-9-10-13)21-24-16-6-2-3-8-17(16)26(18)21/h2-8,13,18H,9-11H2,1H3,(H,23,27). The molecule has 1 N–H and O–H groups in total. The summed E-state index contributed by atoms with van der Waals surface area (Å²) in [5.41, 5.74) is 3.19. The number of carbonyl (C=O) groups is 2. The number of imidazole rings is 1. The van der Waals surface area contributed by atoms with Crippen LogP contribution in [0.25, 0.3) is 11.0 Å². The van der Waals surface area contributed by atoms with Crippen LogP contribution >= 0.6 is 11.6 Å². The molecule has 1 fully saturated rings. The molecule has 2 aliphatic rings. The van der Waals surface area contributed by atoms with Gasteiger partial charge >= 0.3 is 0 Å². The van der Waals surface area contributed by atoms with Crippen molar-refractivity contribution in [3.63, 3.8) is 0 Å². The first-order valence-electron chi connectivity index (χ1n) is 9.39. The molecule has 0 spiro atoms. The zero-order valence-corrected chi connectivity index (χ0v) is 16.1. The SMILES string of the molecule is Cc1c(Cl)cccc1NC(=O)CC1C(=O)N(C2CC2)c2nc3ccccc3n21. The average molecular weight is 395 g/mol. The van der Waals surface area contributed by atoms with Crippen LogP contribution in [-0.4, -0.2) is 27.4 Å². The second-order valence-electron chi connectivity index (χ2n) is 7.39. The number of anilines is 2. The first kappa shape index (κ1) is 17.3. The van der Waals surface area contributed by atoms with Crippen LogP contribution in [0, 0.1) is 6.92 Å². The Morgan fingerprint density at radius 3 is 2.79 bits per heavy atom. The van der Waals surface area contributed by atoms with E-state index in [0.717, 1.165) is 29.4 Å². The van der Waals surface area contributed by atoms with Crippen molar-refractivity contribution < 1.29 is 9.59 Å². The van der Waals surface area contributed by atoms with Crippen molar-refractivity contribution in [1.29, 1.82) is 0 Å². The van der Waals surface area contributed by atoms with Crippen molar-refractivity contribution in [3.05, 3.63) is 53.1 Å². The van der Waals surface area contributed by atoms with E-state index < -0.39 is 6.04 Å². The third-order valence-corrected chi connectivity index (χ3v) is 5.87. The van der Waals surface area contributed by atoms with Crippen molar-refractivity contribution in [3.8, 4) is 0 Å². The zero-order valence-electron chi connectivity index (χ0n) is 15.4. The summed E-state index contributed by atoms with van der Waals surface area (Å²) < 4.78 is 1.92. The number of nitrogens with one attached hydrogen (secondary N) is 1. The molecule has 1 aliphatic heterocycles. The van der Waals surface area contributed by atoms with E-state index in [0.29, 0.717) is 16.7 Å². The van der Waals surface area contributed by atoms with Crippen molar-refractivity contribution in [2.45, 2.75) is 38.3 Å². The lowest BCUT2D eigenvalue weighted by molar-refractivity contribution is -0.124. The van der Waals surface area contributed by atoms with E-state index in [1.165, 1.54) is 0 Å². The minimum Gasteiger partial charge on any atom is -0.326 e. The van der Waals surface area contributed by atoms with Gasteiger partial charge in [0.1, 0.15) is 6.04 Å². The van der Waals surface area contributed by atoms with E-state index in [1.807, 2.05) is 41.8 Å². The molecule has 7 heteroatoms. The summed E-state index contributed by atoms with van der Waals surface area (Å²) in [5.74, 6) is 0.393. The van der Waals surface area contributed by atoms with Gasteiger partial charge in [-0.25, -0.2) is 4.98 Å². The van der Waals surface area contributed by atoms with E-state index in [9.17, 15) is 9.59 Å². The van der Waals surface area contributed by atoms with Gasteiger partial charge < -0.3 is 5.32 Å². The van der Waals surface area contributed by atoms with Gasteiger partial charge in [0.05, 0.1) is 17.5 Å². The Labute approximate surface area is 167 Å². The highest BCUT2D eigenvalue weighted by atomic mass is 35.5. The first-order chi connectivity index (χ1) is 13.5. The molecule has 28 heavy (non-hydrogen) atoms. The molecule has 142 valence electrons. The molecule has 3 aromatic rings. The summed E-state index contributed by atoms with van der Waals surface area (Å²) in [7, 11) is 0. The van der Waals surface area contributed by atoms with E-state index in [4.69, 9.17) is 11.6 Å². The number of hydrogen-bond donors (Lipinski definition) is 1. The summed E-state index contributed by atoms with van der Waals surface area (Å²) in [5, 5.41) is 3.50. The Hall–Kier alpha value is -2.86. The molecule has 2 heterocycles. The van der Waals surface area contributed by atoms with Gasteiger partial charge in [-0.15, -0.1) is 0 Å². The fourth-order valence-corrected chi connectivity index (χ4v) is 4.03. The molecule has 0 radical (unpaired) electrons. The maximum absolute atomic E-state index is 13.1. The van der Waals surface area contributed by atoms with E-state index in [-0.39, 0.29) is 24.3 Å². The number of fused-ring (bicyclic) bond motifs is 3. The topological polar surface area (TPSA) is 67.2 Å². The van der Waals surface area contributed by atoms with Gasteiger partial charge in [0.2, 0.25) is 11.9 Å². The fraction of sp³-hybridized carbons (Fsp3) is 0.286. The van der Waals surface area contributed by atoms with E-state index in [2.05, 4.69) is 10.3 Å². The van der Waals surface area contributed by atoms with Crippen LogP contribution in [0.5, 0.6) is 0 Å². The predicted octanol–water partition coefficient (Wildman–Crippen LogP) is 4.08. The summed E-state index contributed by atoms with van der Waals surface area (Å²) in [6.07, 6.45) is 2.02. The number of carbonyl (C=O) groups excluding carboxylic acids is 2. The lowest BCUT2D eigenvalue weighted by Crippen LogP contribution is -2.33. The van der Waals surface area contributed by atoms with E-state index >= 15 is 0 Å². The van der Waals surface area contributed by atoms with Crippen molar-refractivity contribution in [2.24, 2.45) is 0 Å². The highest BCUT2D eigenvalue weighted by Crippen LogP contribution is 2.42. The zero-order chi connectivity index (χ0) is 19.4. The molecule has 6 nitrogen and oxygen atoms in total. The largest absolute Gasteiger partial charge is 0.326 e. The van der Waals surface area contributed by atoms with Crippen molar-refractivity contribution in [2.75, 3.05) is 10.2 Å². The molecule has 1 aliphatic carbocycles. The number of nitrogens with zero attached hydrogens (tertiary/aromatic N) is 3. The number of rotatable bonds is 4. The van der Waals surface area contributed by atoms with Gasteiger partial charge in [-0.05, 0) is 49.6 Å². The fourth-order valence-electron chi connectivity index (χ4n) is 3.85. The Kier molecular flexibility index (Phi) is 3.91. The highest BCUT2D eigenvalue weighted by molar-refractivity contribution is 6.31. The van der Waals surface area contributed by atoms with Gasteiger partial charge in [-0.2, -0.15) is 0 Å². The molecule has 1 saturated carbocycles. The second kappa shape index (κ2) is 6.34. The summed E-state index contributed by atoms with van der Waals surface area (Å²) >= 11 is 6.14. The van der Waals surface area contributed by atoms with Gasteiger partial charge in [-0.3, -0.25) is 19.1 Å². The summed E-state index contributed by atoms with van der Waals surface area (Å²) in [4.78, 5) is 32.4. The van der Waals surface area contributed by atoms with Crippen LogP contribution < -0.4 is 10.2 Å². The monoisotopic (exact) mass is 394 g/mol. The van der Waals surface area contributed by atoms with Gasteiger partial charge in [0.25, 0.3) is 5.91 Å². The molecule has 1 aromatic heterocycles. The van der Waals surface area contributed by atoms with Crippen LogP contribution in [0.1, 0.15) is 30.9 Å². The maximum atomic E-state index is 13.1. The maximum Gasteiger partial charge on any atom is 0.253 e. The number of halogens is 1. The van der Waals surface area contributed by atoms with Crippen molar-refractivity contribution in [1.82, 2.24) is 9.55 Å². The van der Waals surface area contributed by atoms with Crippen LogP contribution in [0.3, 0.4) is 0 Å². The Bertz CT molecular complexity index is 1120. The lowest BCUT2D eigenvalue weighted by Gasteiger charge is -2.15. The molecular formula is C21H19ClN4O2. The van der Waals surface area contributed by atoms with Gasteiger partial charge in [-0.1, -0.05) is 29.8 Å². The summed E-state index contributed by atoms with van der Waals surface area (Å²) in [6, 6.07) is 12.7. The van der Waals surface area contributed by atoms with Gasteiger partial charge in [0.15, 0.2) is 0 Å². The number of para-hydroxylation sites is 2. The third-order valence-electron chi connectivity index (χ3n) is 5.46. The third kappa shape index (κ3) is 2.67. The summed E-state index contributed by atoms with van der Waals surface area (Å²) in [6.45, 7) is 1.86. The van der Waals surface area contributed by atoms with Crippen molar-refractivity contribution >= 4 is 46.1 Å². The minimum absolute atomic E-state index is 0.0475. The molecule has 1 unspecified atom stereocenters. The van der Waals surface area contributed by atoms with E-state index in [1.54, 1.807) is 17.0 Å². The quantitative estimate of drug-likeness (QED) is 0.725. The normalized spacial score (nSPS) is 18.6. The minimum atomic E-state index is -0.581. The molecule has 0 bridgehead atoms.